The van der Waals surface area contributed by atoms with Crippen molar-refractivity contribution in [2.45, 2.75) is 44.6 Å². The van der Waals surface area contributed by atoms with Crippen molar-refractivity contribution >= 4 is 5.91 Å². The third kappa shape index (κ3) is 2.70. The van der Waals surface area contributed by atoms with Crippen LogP contribution >= 0.6 is 0 Å². The minimum Gasteiger partial charge on any atom is -0.393 e. The molecule has 2 fully saturated rings. The lowest BCUT2D eigenvalue weighted by molar-refractivity contribution is 0.0168. The number of carbonyl (C=O) groups excluding carboxylic acids is 1. The smallest absolute Gasteiger partial charge is 0.253 e. The number of rotatable bonds is 1. The zero-order valence-electron chi connectivity index (χ0n) is 11.8. The van der Waals surface area contributed by atoms with Crippen LogP contribution < -0.4 is 0 Å². The van der Waals surface area contributed by atoms with Crippen molar-refractivity contribution in [3.63, 3.8) is 0 Å². The van der Waals surface area contributed by atoms with E-state index in [9.17, 15) is 9.90 Å². The van der Waals surface area contributed by atoms with Gasteiger partial charge in [0.1, 0.15) is 0 Å². The molecule has 0 unspecified atom stereocenters. The Balaban J connectivity index is 1.60. The number of pyridine rings is 1. The van der Waals surface area contributed by atoms with Crippen LogP contribution in [0, 0.1) is 5.41 Å². The molecule has 4 heteroatoms. The molecule has 1 saturated carbocycles. The lowest BCUT2D eigenvalue weighted by Gasteiger charge is -2.45. The number of piperidine rings is 1. The van der Waals surface area contributed by atoms with Crippen molar-refractivity contribution < 1.29 is 9.90 Å². The first-order valence-electron chi connectivity index (χ1n) is 7.56. The van der Waals surface area contributed by atoms with Crippen LogP contribution in [0.1, 0.15) is 48.9 Å². The van der Waals surface area contributed by atoms with Gasteiger partial charge in [-0.1, -0.05) is 0 Å². The number of likely N-dealkylation sites (tertiary alicyclic amines) is 1. The van der Waals surface area contributed by atoms with E-state index in [-0.39, 0.29) is 12.0 Å². The van der Waals surface area contributed by atoms with Crippen LogP contribution in [0.25, 0.3) is 0 Å². The highest BCUT2D eigenvalue weighted by Gasteiger charge is 2.38. The van der Waals surface area contributed by atoms with Crippen molar-refractivity contribution in [1.82, 2.24) is 9.88 Å². The fourth-order valence-electron chi connectivity index (χ4n) is 3.58. The molecule has 1 N–H and O–H groups in total. The highest BCUT2D eigenvalue weighted by Crippen LogP contribution is 2.44. The summed E-state index contributed by atoms with van der Waals surface area (Å²) in [5.41, 5.74) is 1.11. The Hall–Kier alpha value is -1.42. The molecule has 1 aliphatic heterocycles. The van der Waals surface area contributed by atoms with E-state index in [1.807, 2.05) is 4.90 Å². The molecule has 108 valence electrons. The summed E-state index contributed by atoms with van der Waals surface area (Å²) in [4.78, 5) is 18.3. The van der Waals surface area contributed by atoms with Crippen LogP contribution in [0.5, 0.6) is 0 Å². The second-order valence-corrected chi connectivity index (χ2v) is 6.26. The minimum atomic E-state index is -0.0999. The van der Waals surface area contributed by atoms with E-state index in [4.69, 9.17) is 0 Å². The Morgan fingerprint density at radius 3 is 2.35 bits per heavy atom. The predicted octanol–water partition coefficient (Wildman–Crippen LogP) is 2.24. The van der Waals surface area contributed by atoms with E-state index < -0.39 is 0 Å². The van der Waals surface area contributed by atoms with Crippen molar-refractivity contribution in [3.05, 3.63) is 30.1 Å². The molecule has 0 aromatic carbocycles. The van der Waals surface area contributed by atoms with Crippen molar-refractivity contribution in [2.75, 3.05) is 13.1 Å². The molecule has 0 bridgehead atoms. The fraction of sp³-hybridized carbons (Fsp3) is 0.625. The maximum atomic E-state index is 12.4. The number of hydrogen-bond acceptors (Lipinski definition) is 3. The maximum absolute atomic E-state index is 12.4. The molecule has 1 spiro atoms. The number of nitrogens with zero attached hydrogens (tertiary/aromatic N) is 2. The van der Waals surface area contributed by atoms with E-state index in [1.54, 1.807) is 24.5 Å². The Bertz CT molecular complexity index is 457. The summed E-state index contributed by atoms with van der Waals surface area (Å²) < 4.78 is 0. The second-order valence-electron chi connectivity index (χ2n) is 6.26. The fourth-order valence-corrected chi connectivity index (χ4v) is 3.58. The summed E-state index contributed by atoms with van der Waals surface area (Å²) in [7, 11) is 0. The molecular weight excluding hydrogens is 252 g/mol. The van der Waals surface area contributed by atoms with Gasteiger partial charge in [-0.05, 0) is 56.1 Å². The molecule has 1 saturated heterocycles. The summed E-state index contributed by atoms with van der Waals surface area (Å²) in [5, 5.41) is 9.64. The molecule has 20 heavy (non-hydrogen) atoms. The molecule has 2 aliphatic rings. The first-order chi connectivity index (χ1) is 9.69. The van der Waals surface area contributed by atoms with Gasteiger partial charge in [0.25, 0.3) is 5.91 Å². The van der Waals surface area contributed by atoms with Gasteiger partial charge in [-0.3, -0.25) is 9.78 Å². The molecule has 4 nitrogen and oxygen atoms in total. The molecule has 0 radical (unpaired) electrons. The number of carbonyl (C=O) groups is 1. The maximum Gasteiger partial charge on any atom is 0.253 e. The standard InChI is InChI=1S/C16H22N2O2/c19-14-1-5-16(6-2-14)7-11-18(12-8-16)15(20)13-3-9-17-10-4-13/h3-4,9-10,14,19H,1-2,5-8,11-12H2. The SMILES string of the molecule is O=C(c1ccncc1)N1CCC2(CCC(O)CC2)CC1. The molecular formula is C16H22N2O2. The summed E-state index contributed by atoms with van der Waals surface area (Å²) >= 11 is 0. The summed E-state index contributed by atoms with van der Waals surface area (Å²) in [5.74, 6) is 0.123. The predicted molar refractivity (Wildman–Crippen MR) is 76.3 cm³/mol. The van der Waals surface area contributed by atoms with Gasteiger partial charge < -0.3 is 10.0 Å². The zero-order chi connectivity index (χ0) is 14.0. The van der Waals surface area contributed by atoms with Gasteiger partial charge in [0.2, 0.25) is 0 Å². The monoisotopic (exact) mass is 274 g/mol. The average Bonchev–Trinajstić information content (AvgIpc) is 2.52. The van der Waals surface area contributed by atoms with Crippen LogP contribution in [0.4, 0.5) is 0 Å². The molecule has 2 heterocycles. The summed E-state index contributed by atoms with van der Waals surface area (Å²) in [6.07, 6.45) is 9.49. The number of aliphatic hydroxyl groups excluding tert-OH is 1. The van der Waals surface area contributed by atoms with E-state index in [0.717, 1.165) is 57.2 Å². The van der Waals surface area contributed by atoms with E-state index in [0.29, 0.717) is 5.41 Å². The molecule has 0 atom stereocenters. The average molecular weight is 274 g/mol. The lowest BCUT2D eigenvalue weighted by Crippen LogP contribution is -2.45. The van der Waals surface area contributed by atoms with E-state index in [1.165, 1.54) is 0 Å². The Kier molecular flexibility index (Phi) is 3.74. The first kappa shape index (κ1) is 13.6. The van der Waals surface area contributed by atoms with Gasteiger partial charge in [-0.25, -0.2) is 0 Å². The number of amides is 1. The van der Waals surface area contributed by atoms with Crippen LogP contribution in [0.3, 0.4) is 0 Å². The van der Waals surface area contributed by atoms with Crippen LogP contribution in [-0.4, -0.2) is 40.1 Å². The Morgan fingerprint density at radius 2 is 1.75 bits per heavy atom. The van der Waals surface area contributed by atoms with Crippen molar-refractivity contribution in [1.29, 1.82) is 0 Å². The van der Waals surface area contributed by atoms with Gasteiger partial charge in [0.05, 0.1) is 6.10 Å². The van der Waals surface area contributed by atoms with E-state index in [2.05, 4.69) is 4.98 Å². The quantitative estimate of drug-likeness (QED) is 0.854. The van der Waals surface area contributed by atoms with Gasteiger partial charge in [0.15, 0.2) is 0 Å². The molecule has 3 rings (SSSR count). The highest BCUT2D eigenvalue weighted by atomic mass is 16.3. The third-order valence-corrected chi connectivity index (χ3v) is 5.05. The summed E-state index contributed by atoms with van der Waals surface area (Å²) in [6.45, 7) is 1.69. The molecule has 1 aromatic heterocycles. The zero-order valence-corrected chi connectivity index (χ0v) is 11.8. The number of aromatic nitrogens is 1. The summed E-state index contributed by atoms with van der Waals surface area (Å²) in [6, 6.07) is 3.56. The van der Waals surface area contributed by atoms with Crippen LogP contribution in [0.2, 0.25) is 0 Å². The number of hydrogen-bond donors (Lipinski definition) is 1. The molecule has 1 aromatic rings. The Labute approximate surface area is 119 Å². The molecule has 1 aliphatic carbocycles. The first-order valence-corrected chi connectivity index (χ1v) is 7.56. The van der Waals surface area contributed by atoms with Gasteiger partial charge in [-0.15, -0.1) is 0 Å². The van der Waals surface area contributed by atoms with Crippen molar-refractivity contribution in [2.24, 2.45) is 5.41 Å². The van der Waals surface area contributed by atoms with Gasteiger partial charge in [-0.2, -0.15) is 0 Å². The van der Waals surface area contributed by atoms with Crippen LogP contribution in [-0.2, 0) is 0 Å². The second kappa shape index (κ2) is 5.52. The topological polar surface area (TPSA) is 53.4 Å². The van der Waals surface area contributed by atoms with Gasteiger partial charge >= 0.3 is 0 Å². The Morgan fingerprint density at radius 1 is 1.15 bits per heavy atom. The van der Waals surface area contributed by atoms with Gasteiger partial charge in [0, 0.05) is 31.0 Å². The minimum absolute atomic E-state index is 0.0999. The highest BCUT2D eigenvalue weighted by molar-refractivity contribution is 5.94. The third-order valence-electron chi connectivity index (χ3n) is 5.05. The normalized spacial score (nSPS) is 22.9. The molecule has 1 amide bonds. The van der Waals surface area contributed by atoms with Crippen molar-refractivity contribution in [3.8, 4) is 0 Å². The van der Waals surface area contributed by atoms with Crippen LogP contribution in [0.15, 0.2) is 24.5 Å². The largest absolute Gasteiger partial charge is 0.393 e. The lowest BCUT2D eigenvalue weighted by atomic mass is 9.67. The van der Waals surface area contributed by atoms with E-state index >= 15 is 0 Å². The number of aliphatic hydroxyl groups is 1.